The third-order valence-corrected chi connectivity index (χ3v) is 3.37. The molecule has 4 heteroatoms. The number of Topliss-reactive ketones (excluding diaryl/α,β-unsaturated/α-hetero) is 1. The van der Waals surface area contributed by atoms with E-state index in [1.165, 1.54) is 0 Å². The average Bonchev–Trinajstić information content (AvgIpc) is 2.34. The summed E-state index contributed by atoms with van der Waals surface area (Å²) in [5, 5.41) is 0. The largest absolute Gasteiger partial charge is 0.415 e. The van der Waals surface area contributed by atoms with Crippen molar-refractivity contribution in [3.05, 3.63) is 28.8 Å². The Hall–Kier alpha value is -1.84. The number of carbonyl (C=O) groups is 2. The summed E-state index contributed by atoms with van der Waals surface area (Å²) in [7, 11) is 0. The highest BCUT2D eigenvalue weighted by Gasteiger charge is 2.23. The number of hydrogen-bond acceptors (Lipinski definition) is 3. The Morgan fingerprint density at radius 3 is 2.16 bits per heavy atom. The number of carbonyl (C=O) groups excluding carboxylic acids is 2. The lowest BCUT2D eigenvalue weighted by molar-refractivity contribution is -0.121. The molecule has 1 fully saturated rings. The van der Waals surface area contributed by atoms with Crippen LogP contribution in [0.25, 0.3) is 0 Å². The minimum atomic E-state index is -0.359. The maximum atomic E-state index is 12.1. The van der Waals surface area contributed by atoms with Crippen molar-refractivity contribution in [1.82, 2.24) is 4.90 Å². The van der Waals surface area contributed by atoms with Gasteiger partial charge >= 0.3 is 6.09 Å². The molecule has 1 aromatic carbocycles. The van der Waals surface area contributed by atoms with Gasteiger partial charge < -0.3 is 9.64 Å². The summed E-state index contributed by atoms with van der Waals surface area (Å²) < 4.78 is 5.48. The van der Waals surface area contributed by atoms with Crippen LogP contribution in [0.4, 0.5) is 4.79 Å². The van der Waals surface area contributed by atoms with Gasteiger partial charge in [0.2, 0.25) is 0 Å². The normalized spacial score (nSPS) is 15.5. The number of aryl methyl sites for hydroxylation is 3. The number of amides is 1. The minimum Gasteiger partial charge on any atom is -0.410 e. The van der Waals surface area contributed by atoms with E-state index in [9.17, 15) is 9.59 Å². The van der Waals surface area contributed by atoms with E-state index >= 15 is 0 Å². The number of likely N-dealkylation sites (tertiary alicyclic amines) is 1. The van der Waals surface area contributed by atoms with Gasteiger partial charge in [0, 0.05) is 25.9 Å². The molecule has 1 aliphatic rings. The standard InChI is InChI=1S/C15H19NO3/c1-10-8-11(2)14(12(3)9-10)19-15(18)16-6-4-13(17)5-7-16/h8-9H,4-7H2,1-3H3. The maximum absolute atomic E-state index is 12.1. The molecule has 0 bridgehead atoms. The van der Waals surface area contributed by atoms with Crippen LogP contribution in [-0.2, 0) is 4.79 Å². The van der Waals surface area contributed by atoms with Crippen LogP contribution in [0.2, 0.25) is 0 Å². The molecular formula is C15H19NO3. The van der Waals surface area contributed by atoms with Gasteiger partial charge in [-0.25, -0.2) is 4.79 Å². The quantitative estimate of drug-likeness (QED) is 0.781. The topological polar surface area (TPSA) is 46.6 Å². The van der Waals surface area contributed by atoms with E-state index in [1.54, 1.807) is 4.90 Å². The second-order valence-corrected chi connectivity index (χ2v) is 5.12. The molecule has 1 heterocycles. The summed E-state index contributed by atoms with van der Waals surface area (Å²) in [4.78, 5) is 24.8. The number of piperidine rings is 1. The monoisotopic (exact) mass is 261 g/mol. The van der Waals surface area contributed by atoms with E-state index in [0.717, 1.165) is 16.7 Å². The first-order chi connectivity index (χ1) is 8.97. The van der Waals surface area contributed by atoms with E-state index in [-0.39, 0.29) is 11.9 Å². The van der Waals surface area contributed by atoms with Crippen LogP contribution >= 0.6 is 0 Å². The Balaban J connectivity index is 2.09. The van der Waals surface area contributed by atoms with Gasteiger partial charge in [-0.3, -0.25) is 4.79 Å². The molecule has 2 rings (SSSR count). The van der Waals surface area contributed by atoms with Crippen LogP contribution in [0.5, 0.6) is 5.75 Å². The Morgan fingerprint density at radius 1 is 1.11 bits per heavy atom. The zero-order chi connectivity index (χ0) is 14.0. The summed E-state index contributed by atoms with van der Waals surface area (Å²) in [6.45, 7) is 6.80. The van der Waals surface area contributed by atoms with Gasteiger partial charge in [0.15, 0.2) is 0 Å². The summed E-state index contributed by atoms with van der Waals surface area (Å²) in [5.74, 6) is 0.847. The molecule has 4 nitrogen and oxygen atoms in total. The molecule has 0 radical (unpaired) electrons. The fourth-order valence-corrected chi connectivity index (χ4v) is 2.42. The zero-order valence-corrected chi connectivity index (χ0v) is 11.7. The molecular weight excluding hydrogens is 242 g/mol. The molecule has 0 aliphatic carbocycles. The van der Waals surface area contributed by atoms with Gasteiger partial charge in [-0.1, -0.05) is 17.7 Å². The molecule has 19 heavy (non-hydrogen) atoms. The minimum absolute atomic E-state index is 0.215. The van der Waals surface area contributed by atoms with Gasteiger partial charge in [-0.2, -0.15) is 0 Å². The lowest BCUT2D eigenvalue weighted by Gasteiger charge is -2.25. The van der Waals surface area contributed by atoms with Gasteiger partial charge in [-0.05, 0) is 31.9 Å². The van der Waals surface area contributed by atoms with E-state index in [2.05, 4.69) is 0 Å². The third kappa shape index (κ3) is 3.13. The van der Waals surface area contributed by atoms with Crippen LogP contribution in [-0.4, -0.2) is 29.9 Å². The van der Waals surface area contributed by atoms with Crippen molar-refractivity contribution in [2.24, 2.45) is 0 Å². The molecule has 0 aromatic heterocycles. The summed E-state index contributed by atoms with van der Waals surface area (Å²) in [6.07, 6.45) is 0.504. The number of benzene rings is 1. The Bertz CT molecular complexity index is 489. The Kier molecular flexibility index (Phi) is 3.88. The van der Waals surface area contributed by atoms with Gasteiger partial charge in [0.1, 0.15) is 11.5 Å². The van der Waals surface area contributed by atoms with Crippen LogP contribution in [0.3, 0.4) is 0 Å². The molecule has 102 valence electrons. The molecule has 0 atom stereocenters. The van der Waals surface area contributed by atoms with Crippen LogP contribution in [0.15, 0.2) is 12.1 Å². The molecule has 0 spiro atoms. The SMILES string of the molecule is Cc1cc(C)c(OC(=O)N2CCC(=O)CC2)c(C)c1. The lowest BCUT2D eigenvalue weighted by atomic mass is 10.1. The smallest absolute Gasteiger partial charge is 0.410 e. The molecule has 1 aliphatic heterocycles. The molecule has 1 aromatic rings. The summed E-state index contributed by atoms with van der Waals surface area (Å²) in [5.41, 5.74) is 3.07. The van der Waals surface area contributed by atoms with E-state index in [4.69, 9.17) is 4.74 Å². The first-order valence-electron chi connectivity index (χ1n) is 6.53. The number of ether oxygens (including phenoxy) is 1. The van der Waals surface area contributed by atoms with E-state index in [0.29, 0.717) is 31.7 Å². The Labute approximate surface area is 113 Å². The van der Waals surface area contributed by atoms with E-state index in [1.807, 2.05) is 32.9 Å². The highest BCUT2D eigenvalue weighted by Crippen LogP contribution is 2.25. The van der Waals surface area contributed by atoms with Gasteiger partial charge in [-0.15, -0.1) is 0 Å². The first kappa shape index (κ1) is 13.6. The fourth-order valence-electron chi connectivity index (χ4n) is 2.42. The van der Waals surface area contributed by atoms with Crippen molar-refractivity contribution in [3.63, 3.8) is 0 Å². The van der Waals surface area contributed by atoms with Crippen molar-refractivity contribution < 1.29 is 14.3 Å². The van der Waals surface area contributed by atoms with Crippen LogP contribution in [0, 0.1) is 20.8 Å². The third-order valence-electron chi connectivity index (χ3n) is 3.37. The molecule has 0 unspecified atom stereocenters. The predicted molar refractivity (Wildman–Crippen MR) is 72.5 cm³/mol. The summed E-state index contributed by atoms with van der Waals surface area (Å²) in [6, 6.07) is 3.99. The second kappa shape index (κ2) is 5.43. The number of rotatable bonds is 1. The van der Waals surface area contributed by atoms with Crippen molar-refractivity contribution in [3.8, 4) is 5.75 Å². The van der Waals surface area contributed by atoms with Crippen molar-refractivity contribution in [1.29, 1.82) is 0 Å². The number of ketones is 1. The fraction of sp³-hybridized carbons (Fsp3) is 0.467. The highest BCUT2D eigenvalue weighted by atomic mass is 16.6. The first-order valence-corrected chi connectivity index (χ1v) is 6.53. The molecule has 1 saturated heterocycles. The number of hydrogen-bond donors (Lipinski definition) is 0. The van der Waals surface area contributed by atoms with Gasteiger partial charge in [0.05, 0.1) is 0 Å². The van der Waals surface area contributed by atoms with Crippen molar-refractivity contribution in [2.45, 2.75) is 33.6 Å². The van der Waals surface area contributed by atoms with E-state index < -0.39 is 0 Å². The second-order valence-electron chi connectivity index (χ2n) is 5.12. The predicted octanol–water partition coefficient (Wildman–Crippen LogP) is 2.78. The van der Waals surface area contributed by atoms with Crippen LogP contribution < -0.4 is 4.74 Å². The molecule has 0 N–H and O–H groups in total. The molecule has 0 saturated carbocycles. The number of nitrogens with zero attached hydrogens (tertiary/aromatic N) is 1. The average molecular weight is 261 g/mol. The van der Waals surface area contributed by atoms with Crippen molar-refractivity contribution >= 4 is 11.9 Å². The highest BCUT2D eigenvalue weighted by molar-refractivity contribution is 5.82. The summed E-state index contributed by atoms with van der Waals surface area (Å²) >= 11 is 0. The zero-order valence-electron chi connectivity index (χ0n) is 11.7. The van der Waals surface area contributed by atoms with Crippen LogP contribution in [0.1, 0.15) is 29.5 Å². The Morgan fingerprint density at radius 2 is 1.63 bits per heavy atom. The van der Waals surface area contributed by atoms with Crippen molar-refractivity contribution in [2.75, 3.05) is 13.1 Å². The maximum Gasteiger partial charge on any atom is 0.415 e. The molecule has 1 amide bonds. The lowest BCUT2D eigenvalue weighted by Crippen LogP contribution is -2.40. The van der Waals surface area contributed by atoms with Gasteiger partial charge in [0.25, 0.3) is 0 Å².